The molecule has 0 N–H and O–H groups in total. The van der Waals surface area contributed by atoms with Crippen LogP contribution < -0.4 is 4.74 Å². The molecule has 1 atom stereocenters. The molecule has 5 heteroatoms. The first kappa shape index (κ1) is 16.6. The molecule has 0 aromatic carbocycles. The standard InChI is InChI=1S/C20H26N2O3/c23-19(12-16-6-2-1-3-7-16)22-14-20(15-22)13-17(9-11-24-20)25-18-8-4-5-10-21-18/h4-6,8,10,17H,1-3,7,9,11-15H2/t17-/m1/s1. The van der Waals surface area contributed by atoms with Crippen molar-refractivity contribution in [2.75, 3.05) is 19.7 Å². The maximum Gasteiger partial charge on any atom is 0.226 e. The van der Waals surface area contributed by atoms with Crippen molar-refractivity contribution in [3.8, 4) is 5.88 Å². The van der Waals surface area contributed by atoms with Crippen LogP contribution in [0.4, 0.5) is 0 Å². The predicted molar refractivity (Wildman–Crippen MR) is 94.3 cm³/mol. The van der Waals surface area contributed by atoms with E-state index in [0.29, 0.717) is 32.0 Å². The Bertz CT molecular complexity index is 638. The molecule has 3 heterocycles. The molecule has 134 valence electrons. The average molecular weight is 342 g/mol. The Balaban J connectivity index is 1.29. The molecule has 3 aliphatic rings. The van der Waals surface area contributed by atoms with Gasteiger partial charge in [0, 0.05) is 31.5 Å². The fourth-order valence-corrected chi connectivity index (χ4v) is 4.09. The van der Waals surface area contributed by atoms with Gasteiger partial charge in [-0.05, 0) is 31.7 Å². The van der Waals surface area contributed by atoms with Crippen molar-refractivity contribution in [1.29, 1.82) is 0 Å². The summed E-state index contributed by atoms with van der Waals surface area (Å²) in [6.45, 7) is 2.08. The summed E-state index contributed by atoms with van der Waals surface area (Å²) in [6.07, 6.45) is 11.1. The van der Waals surface area contributed by atoms with Crippen molar-refractivity contribution < 1.29 is 14.3 Å². The van der Waals surface area contributed by atoms with E-state index in [4.69, 9.17) is 9.47 Å². The van der Waals surface area contributed by atoms with E-state index >= 15 is 0 Å². The van der Waals surface area contributed by atoms with Crippen LogP contribution in [0, 0.1) is 0 Å². The topological polar surface area (TPSA) is 51.7 Å². The summed E-state index contributed by atoms with van der Waals surface area (Å²) in [5.74, 6) is 0.913. The molecule has 1 amide bonds. The summed E-state index contributed by atoms with van der Waals surface area (Å²) in [4.78, 5) is 18.7. The van der Waals surface area contributed by atoms with Gasteiger partial charge in [0.15, 0.2) is 0 Å². The number of nitrogens with zero attached hydrogens (tertiary/aromatic N) is 2. The van der Waals surface area contributed by atoms with Crippen molar-refractivity contribution >= 4 is 5.91 Å². The number of amides is 1. The number of allylic oxidation sites excluding steroid dienone is 1. The molecule has 1 aromatic heterocycles. The number of pyridine rings is 1. The van der Waals surface area contributed by atoms with Gasteiger partial charge in [0.05, 0.1) is 19.7 Å². The Hall–Kier alpha value is -1.88. The minimum Gasteiger partial charge on any atom is -0.474 e. The number of carbonyl (C=O) groups is 1. The van der Waals surface area contributed by atoms with Crippen LogP contribution in [0.2, 0.25) is 0 Å². The van der Waals surface area contributed by atoms with Gasteiger partial charge in [0.25, 0.3) is 0 Å². The summed E-state index contributed by atoms with van der Waals surface area (Å²) in [7, 11) is 0. The summed E-state index contributed by atoms with van der Waals surface area (Å²) in [5.41, 5.74) is 1.10. The number of hydrogen-bond acceptors (Lipinski definition) is 4. The maximum absolute atomic E-state index is 12.5. The summed E-state index contributed by atoms with van der Waals surface area (Å²) < 4.78 is 12.0. The number of hydrogen-bond donors (Lipinski definition) is 0. The van der Waals surface area contributed by atoms with Gasteiger partial charge in [-0.25, -0.2) is 4.98 Å². The van der Waals surface area contributed by atoms with Gasteiger partial charge >= 0.3 is 0 Å². The van der Waals surface area contributed by atoms with E-state index in [1.165, 1.54) is 18.4 Å². The van der Waals surface area contributed by atoms with E-state index in [1.807, 2.05) is 23.1 Å². The Labute approximate surface area is 149 Å². The number of aromatic nitrogens is 1. The lowest BCUT2D eigenvalue weighted by Gasteiger charge is -2.53. The molecule has 0 radical (unpaired) electrons. The highest BCUT2D eigenvalue weighted by Crippen LogP contribution is 2.36. The molecule has 2 saturated heterocycles. The molecule has 0 bridgehead atoms. The fourth-order valence-electron chi connectivity index (χ4n) is 4.09. The van der Waals surface area contributed by atoms with E-state index in [0.717, 1.165) is 25.7 Å². The minimum absolute atomic E-state index is 0.113. The van der Waals surface area contributed by atoms with Crippen molar-refractivity contribution in [3.05, 3.63) is 36.0 Å². The molecule has 25 heavy (non-hydrogen) atoms. The van der Waals surface area contributed by atoms with E-state index in [2.05, 4.69) is 11.1 Å². The number of likely N-dealkylation sites (tertiary alicyclic amines) is 1. The van der Waals surface area contributed by atoms with Crippen LogP contribution >= 0.6 is 0 Å². The largest absolute Gasteiger partial charge is 0.474 e. The van der Waals surface area contributed by atoms with Crippen molar-refractivity contribution in [2.24, 2.45) is 0 Å². The summed E-state index contributed by atoms with van der Waals surface area (Å²) >= 11 is 0. The molecule has 1 aliphatic carbocycles. The van der Waals surface area contributed by atoms with Crippen molar-refractivity contribution in [3.63, 3.8) is 0 Å². The van der Waals surface area contributed by atoms with Crippen LogP contribution in [-0.2, 0) is 9.53 Å². The fraction of sp³-hybridized carbons (Fsp3) is 0.600. The van der Waals surface area contributed by atoms with Gasteiger partial charge < -0.3 is 14.4 Å². The smallest absolute Gasteiger partial charge is 0.226 e. The van der Waals surface area contributed by atoms with Crippen LogP contribution in [0.3, 0.4) is 0 Å². The average Bonchev–Trinajstić information content (AvgIpc) is 2.61. The lowest BCUT2D eigenvalue weighted by molar-refractivity contribution is -0.193. The lowest BCUT2D eigenvalue weighted by Crippen LogP contribution is -2.67. The SMILES string of the molecule is O=C(CC1=CCCCC1)N1CC2(C[C@H](Oc3ccccn3)CCO2)C1. The first-order valence-corrected chi connectivity index (χ1v) is 9.40. The highest BCUT2D eigenvalue weighted by molar-refractivity contribution is 5.80. The van der Waals surface area contributed by atoms with Gasteiger partial charge in [-0.2, -0.15) is 0 Å². The normalized spacial score (nSPS) is 25.2. The van der Waals surface area contributed by atoms with Gasteiger partial charge in [-0.15, -0.1) is 0 Å². The molecule has 5 nitrogen and oxygen atoms in total. The van der Waals surface area contributed by atoms with E-state index < -0.39 is 0 Å². The van der Waals surface area contributed by atoms with Crippen LogP contribution in [0.1, 0.15) is 44.9 Å². The van der Waals surface area contributed by atoms with Crippen LogP contribution in [0.15, 0.2) is 36.0 Å². The molecule has 2 aliphatic heterocycles. The highest BCUT2D eigenvalue weighted by atomic mass is 16.5. The van der Waals surface area contributed by atoms with Crippen LogP contribution in [0.25, 0.3) is 0 Å². The third-order valence-electron chi connectivity index (χ3n) is 5.45. The van der Waals surface area contributed by atoms with Crippen LogP contribution in [0.5, 0.6) is 5.88 Å². The summed E-state index contributed by atoms with van der Waals surface area (Å²) in [6, 6.07) is 5.70. The Morgan fingerprint density at radius 2 is 2.28 bits per heavy atom. The Morgan fingerprint density at radius 3 is 3.04 bits per heavy atom. The third-order valence-corrected chi connectivity index (χ3v) is 5.45. The molecule has 1 aromatic rings. The zero-order valence-electron chi connectivity index (χ0n) is 14.7. The summed E-state index contributed by atoms with van der Waals surface area (Å²) in [5, 5.41) is 0. The molecule has 0 unspecified atom stereocenters. The van der Waals surface area contributed by atoms with Gasteiger partial charge in [-0.3, -0.25) is 4.79 Å². The number of carbonyl (C=O) groups excluding carboxylic acids is 1. The molecular weight excluding hydrogens is 316 g/mol. The second kappa shape index (κ2) is 7.16. The van der Waals surface area contributed by atoms with Gasteiger partial charge in [0.1, 0.15) is 11.7 Å². The zero-order valence-corrected chi connectivity index (χ0v) is 14.7. The van der Waals surface area contributed by atoms with Crippen molar-refractivity contribution in [2.45, 2.75) is 56.7 Å². The monoisotopic (exact) mass is 342 g/mol. The number of rotatable bonds is 4. The second-order valence-electron chi connectivity index (χ2n) is 7.47. The van der Waals surface area contributed by atoms with Gasteiger partial charge in [0.2, 0.25) is 11.8 Å². The minimum atomic E-state index is -0.214. The van der Waals surface area contributed by atoms with E-state index in [-0.39, 0.29) is 17.6 Å². The third kappa shape index (κ3) is 3.87. The zero-order chi connectivity index (χ0) is 17.1. The maximum atomic E-state index is 12.5. The Morgan fingerprint density at radius 1 is 1.36 bits per heavy atom. The predicted octanol–water partition coefficient (Wildman–Crippen LogP) is 3.11. The molecular formula is C20H26N2O3. The second-order valence-corrected chi connectivity index (χ2v) is 7.47. The lowest BCUT2D eigenvalue weighted by atomic mass is 9.84. The molecule has 1 spiro atoms. The highest BCUT2D eigenvalue weighted by Gasteiger charge is 2.49. The first-order valence-electron chi connectivity index (χ1n) is 9.40. The molecule has 2 fully saturated rings. The van der Waals surface area contributed by atoms with Crippen LogP contribution in [-0.4, -0.2) is 47.2 Å². The van der Waals surface area contributed by atoms with Crippen molar-refractivity contribution in [1.82, 2.24) is 9.88 Å². The molecule has 4 rings (SSSR count). The quantitative estimate of drug-likeness (QED) is 0.789. The van der Waals surface area contributed by atoms with Gasteiger partial charge in [-0.1, -0.05) is 17.7 Å². The van der Waals surface area contributed by atoms with E-state index in [9.17, 15) is 4.79 Å². The van der Waals surface area contributed by atoms with E-state index in [1.54, 1.807) is 6.20 Å². The first-order chi connectivity index (χ1) is 12.2. The Kier molecular flexibility index (Phi) is 4.75. The number of ether oxygens (including phenoxy) is 2. The molecule has 0 saturated carbocycles.